The van der Waals surface area contributed by atoms with Crippen molar-refractivity contribution in [3.8, 4) is 0 Å². The molecule has 0 aromatic heterocycles. The van der Waals surface area contributed by atoms with Gasteiger partial charge in [-0.25, -0.2) is 0 Å². The lowest BCUT2D eigenvalue weighted by atomic mass is 9.79. The minimum Gasteiger partial charge on any atom is -0.295 e. The van der Waals surface area contributed by atoms with Gasteiger partial charge in [0, 0.05) is 17.9 Å². The molecule has 1 aromatic rings. The van der Waals surface area contributed by atoms with Crippen LogP contribution in [0.5, 0.6) is 0 Å². The first-order valence-corrected chi connectivity index (χ1v) is 12.4. The lowest BCUT2D eigenvalue weighted by molar-refractivity contribution is -0.116. The van der Waals surface area contributed by atoms with Crippen molar-refractivity contribution in [3.63, 3.8) is 0 Å². The molecule has 0 amide bonds. The molecule has 0 bridgehead atoms. The summed E-state index contributed by atoms with van der Waals surface area (Å²) in [7, 11) is -1.65. The Morgan fingerprint density at radius 1 is 1.08 bits per heavy atom. The molecule has 0 unspecified atom stereocenters. The molecule has 1 aliphatic rings. The van der Waals surface area contributed by atoms with Gasteiger partial charge in [0.1, 0.15) is 0 Å². The second kappa shape index (κ2) is 8.75. The summed E-state index contributed by atoms with van der Waals surface area (Å²) in [4.78, 5) is 26.0. The number of hydrogen-bond acceptors (Lipinski definition) is 2. The summed E-state index contributed by atoms with van der Waals surface area (Å²) in [5, 5.41) is 1.16. The smallest absolute Gasteiger partial charge is 0.166 e. The number of rotatable bonds is 6. The Kier molecular flexibility index (Phi) is 6.94. The van der Waals surface area contributed by atoms with Crippen LogP contribution in [0.1, 0.15) is 57.3 Å². The number of benzene rings is 1. The molecule has 0 radical (unpaired) electrons. The monoisotopic (exact) mass is 356 g/mol. The lowest BCUT2D eigenvalue weighted by Crippen LogP contribution is -2.40. The van der Waals surface area contributed by atoms with Gasteiger partial charge in [0.05, 0.1) is 8.07 Å². The van der Waals surface area contributed by atoms with Gasteiger partial charge in [-0.15, -0.1) is 0 Å². The molecule has 25 heavy (non-hydrogen) atoms. The molecule has 0 spiro atoms. The van der Waals surface area contributed by atoms with Crippen molar-refractivity contribution < 1.29 is 9.59 Å². The van der Waals surface area contributed by atoms with Crippen LogP contribution in [0, 0.1) is 11.8 Å². The van der Waals surface area contributed by atoms with Gasteiger partial charge in [-0.1, -0.05) is 82.2 Å². The quantitative estimate of drug-likeness (QED) is 0.473. The van der Waals surface area contributed by atoms with Crippen molar-refractivity contribution in [1.82, 2.24) is 0 Å². The maximum absolute atomic E-state index is 13.1. The van der Waals surface area contributed by atoms with E-state index in [0.29, 0.717) is 12.2 Å². The van der Waals surface area contributed by atoms with Crippen molar-refractivity contribution in [2.45, 2.75) is 65.1 Å². The number of carbonyl (C=O) groups excluding carboxylic acids is 2. The Balaban J connectivity index is 2.26. The van der Waals surface area contributed by atoms with Gasteiger partial charge in [0.15, 0.2) is 11.6 Å². The molecule has 1 aromatic carbocycles. The summed E-state index contributed by atoms with van der Waals surface area (Å²) in [6, 6.07) is 12.9. The average molecular weight is 357 g/mol. The largest absolute Gasteiger partial charge is 0.295 e. The van der Waals surface area contributed by atoms with E-state index in [9.17, 15) is 9.59 Å². The van der Waals surface area contributed by atoms with Gasteiger partial charge in [0.2, 0.25) is 0 Å². The Morgan fingerprint density at radius 2 is 1.68 bits per heavy atom. The van der Waals surface area contributed by atoms with E-state index in [1.54, 1.807) is 0 Å². The zero-order chi connectivity index (χ0) is 18.4. The number of carbonyl (C=O) groups is 2. The molecule has 0 saturated heterocycles. The Bertz CT molecular complexity index is 620. The summed E-state index contributed by atoms with van der Waals surface area (Å²) in [5.41, 5.74) is 0.774. The van der Waals surface area contributed by atoms with E-state index < -0.39 is 8.07 Å². The number of hydrogen-bond donors (Lipinski definition) is 0. The molecule has 0 fully saturated rings. The van der Waals surface area contributed by atoms with Crippen LogP contribution in [0.3, 0.4) is 0 Å². The standard InChI is InChI=1S/C22H32O2Si/c1-5-25(6-2,7-3)21-15-11-14-19(17(4)16-20(21)23)22(24)18-12-9-8-10-13-18/h8-10,12-13,15,17,19H,5-7,11,14,16H2,1-4H3/b21-15+/t17-,19+/m1/s1. The van der Waals surface area contributed by atoms with E-state index in [1.807, 2.05) is 30.3 Å². The highest BCUT2D eigenvalue weighted by Crippen LogP contribution is 2.35. The van der Waals surface area contributed by atoms with E-state index in [1.165, 1.54) is 0 Å². The molecule has 136 valence electrons. The Labute approximate surface area is 153 Å². The molecule has 2 atom stereocenters. The number of ketones is 2. The van der Waals surface area contributed by atoms with Crippen LogP contribution in [0.2, 0.25) is 18.1 Å². The maximum Gasteiger partial charge on any atom is 0.166 e. The highest BCUT2D eigenvalue weighted by molar-refractivity contribution is 6.90. The third-order valence-electron chi connectivity index (χ3n) is 6.32. The van der Waals surface area contributed by atoms with Gasteiger partial charge in [-0.05, 0) is 24.0 Å². The first-order valence-electron chi connectivity index (χ1n) is 9.82. The molecule has 0 saturated carbocycles. The van der Waals surface area contributed by atoms with E-state index in [-0.39, 0.29) is 17.6 Å². The third kappa shape index (κ3) is 4.20. The van der Waals surface area contributed by atoms with Crippen LogP contribution in [0.15, 0.2) is 41.6 Å². The minimum atomic E-state index is -1.65. The summed E-state index contributed by atoms with van der Waals surface area (Å²) < 4.78 is 0. The molecule has 0 heterocycles. The number of Topliss-reactive ketones (excluding diaryl/α,β-unsaturated/α-hetero) is 2. The topological polar surface area (TPSA) is 34.1 Å². The second-order valence-corrected chi connectivity index (χ2v) is 12.7. The summed E-state index contributed by atoms with van der Waals surface area (Å²) in [6.07, 6.45) is 4.43. The molecule has 0 N–H and O–H groups in total. The van der Waals surface area contributed by atoms with Crippen molar-refractivity contribution in [2.75, 3.05) is 0 Å². The summed E-state index contributed by atoms with van der Waals surface area (Å²) >= 11 is 0. The Hall–Kier alpha value is -1.48. The maximum atomic E-state index is 13.1. The fourth-order valence-corrected chi connectivity index (χ4v) is 8.30. The molecule has 0 aliphatic heterocycles. The predicted octanol–water partition coefficient (Wildman–Crippen LogP) is 5.85. The van der Waals surface area contributed by atoms with Crippen molar-refractivity contribution in [1.29, 1.82) is 0 Å². The third-order valence-corrected chi connectivity index (χ3v) is 12.0. The van der Waals surface area contributed by atoms with Gasteiger partial charge in [-0.3, -0.25) is 9.59 Å². The normalized spacial score (nSPS) is 24.2. The molecule has 3 heteroatoms. The predicted molar refractivity (Wildman–Crippen MR) is 108 cm³/mol. The highest BCUT2D eigenvalue weighted by atomic mass is 28.3. The molecular formula is C22H32O2Si. The Morgan fingerprint density at radius 3 is 2.24 bits per heavy atom. The molecular weight excluding hydrogens is 324 g/mol. The SMILES string of the molecule is CC[Si](CC)(CC)/C1=C/CC[C@H](C(=O)c2ccccc2)[C@H](C)CC1=O. The van der Waals surface area contributed by atoms with Crippen molar-refractivity contribution in [3.05, 3.63) is 47.2 Å². The fraction of sp³-hybridized carbons (Fsp3) is 0.545. The lowest BCUT2D eigenvalue weighted by Gasteiger charge is -2.33. The van der Waals surface area contributed by atoms with Crippen LogP contribution in [0.4, 0.5) is 0 Å². The molecule has 2 nitrogen and oxygen atoms in total. The van der Waals surface area contributed by atoms with Gasteiger partial charge < -0.3 is 0 Å². The summed E-state index contributed by atoms with van der Waals surface area (Å²) in [5.74, 6) is 0.573. The van der Waals surface area contributed by atoms with Crippen molar-refractivity contribution >= 4 is 19.6 Å². The molecule has 1 aliphatic carbocycles. The van der Waals surface area contributed by atoms with Crippen LogP contribution in [-0.2, 0) is 4.79 Å². The van der Waals surface area contributed by atoms with Gasteiger partial charge in [0.25, 0.3) is 0 Å². The van der Waals surface area contributed by atoms with Gasteiger partial charge >= 0.3 is 0 Å². The zero-order valence-corrected chi connectivity index (χ0v) is 17.2. The van der Waals surface area contributed by atoms with E-state index in [4.69, 9.17) is 0 Å². The average Bonchev–Trinajstić information content (AvgIpc) is 2.64. The fourth-order valence-electron chi connectivity index (χ4n) is 4.39. The first kappa shape index (κ1) is 19.8. The van der Waals surface area contributed by atoms with Gasteiger partial charge in [-0.2, -0.15) is 0 Å². The van der Waals surface area contributed by atoms with Crippen LogP contribution in [0.25, 0.3) is 0 Å². The highest BCUT2D eigenvalue weighted by Gasteiger charge is 2.38. The van der Waals surface area contributed by atoms with Crippen LogP contribution in [-0.4, -0.2) is 19.6 Å². The van der Waals surface area contributed by atoms with E-state index in [2.05, 4.69) is 33.8 Å². The minimum absolute atomic E-state index is 0.0508. The van der Waals surface area contributed by atoms with Crippen LogP contribution < -0.4 is 0 Å². The van der Waals surface area contributed by atoms with E-state index >= 15 is 0 Å². The van der Waals surface area contributed by atoms with E-state index in [0.717, 1.165) is 41.7 Å². The van der Waals surface area contributed by atoms with Crippen LogP contribution >= 0.6 is 0 Å². The zero-order valence-electron chi connectivity index (χ0n) is 16.2. The number of allylic oxidation sites excluding steroid dienone is 2. The van der Waals surface area contributed by atoms with Crippen molar-refractivity contribution in [2.24, 2.45) is 11.8 Å². The second-order valence-electron chi connectivity index (χ2n) is 7.48. The molecule has 2 rings (SSSR count). The first-order chi connectivity index (χ1) is 12.0. The summed E-state index contributed by atoms with van der Waals surface area (Å²) in [6.45, 7) is 8.82.